The molecule has 1 saturated heterocycles. The quantitative estimate of drug-likeness (QED) is 0.626. The fourth-order valence-corrected chi connectivity index (χ4v) is 1.51. The lowest BCUT2D eigenvalue weighted by atomic mass is 9.84. The molecule has 1 saturated carbocycles. The van der Waals surface area contributed by atoms with Gasteiger partial charge in [-0.25, -0.2) is 0 Å². The molecule has 0 N–H and O–H groups in total. The van der Waals surface area contributed by atoms with Crippen molar-refractivity contribution < 1.29 is 9.47 Å². The van der Waals surface area contributed by atoms with E-state index in [2.05, 4.69) is 6.92 Å². The Labute approximate surface area is 74.2 Å². The molecule has 70 valence electrons. The molecule has 0 bridgehead atoms. The second-order valence-corrected chi connectivity index (χ2v) is 4.30. The fourth-order valence-electron chi connectivity index (χ4n) is 1.51. The second kappa shape index (κ2) is 3.35. The van der Waals surface area contributed by atoms with Gasteiger partial charge in [-0.1, -0.05) is 6.92 Å². The van der Waals surface area contributed by atoms with Gasteiger partial charge >= 0.3 is 0 Å². The maximum atomic E-state index is 5.68. The molecule has 0 aromatic carbocycles. The summed E-state index contributed by atoms with van der Waals surface area (Å²) in [6.45, 7) is 5.95. The van der Waals surface area contributed by atoms with Crippen LogP contribution in [0, 0.1) is 11.3 Å². The Bertz CT molecular complexity index is 142. The van der Waals surface area contributed by atoms with Crippen molar-refractivity contribution in [1.82, 2.24) is 0 Å². The van der Waals surface area contributed by atoms with Gasteiger partial charge < -0.3 is 9.47 Å². The maximum Gasteiger partial charge on any atom is 0.0566 e. The number of ether oxygens (including phenoxy) is 2. The van der Waals surface area contributed by atoms with Gasteiger partial charge in [0, 0.05) is 12.0 Å². The molecular weight excluding hydrogens is 152 g/mol. The van der Waals surface area contributed by atoms with Crippen LogP contribution >= 0.6 is 0 Å². The number of hydrogen-bond acceptors (Lipinski definition) is 2. The molecule has 0 aromatic heterocycles. The van der Waals surface area contributed by atoms with Crippen LogP contribution in [0.4, 0.5) is 0 Å². The molecule has 2 fully saturated rings. The van der Waals surface area contributed by atoms with Gasteiger partial charge in [0.25, 0.3) is 0 Å². The lowest BCUT2D eigenvalue weighted by molar-refractivity contribution is -0.151. The van der Waals surface area contributed by atoms with Crippen molar-refractivity contribution in [3.63, 3.8) is 0 Å². The summed E-state index contributed by atoms with van der Waals surface area (Å²) in [5.41, 5.74) is 0.384. The first kappa shape index (κ1) is 8.52. The molecule has 0 amide bonds. The molecule has 0 aromatic rings. The molecule has 2 nitrogen and oxygen atoms in total. The van der Waals surface area contributed by atoms with Crippen molar-refractivity contribution in [3.8, 4) is 0 Å². The van der Waals surface area contributed by atoms with Gasteiger partial charge in [-0.3, -0.25) is 0 Å². The Morgan fingerprint density at radius 3 is 2.58 bits per heavy atom. The van der Waals surface area contributed by atoms with Crippen molar-refractivity contribution in [3.05, 3.63) is 0 Å². The molecule has 1 heterocycles. The lowest BCUT2D eigenvalue weighted by Gasteiger charge is -2.40. The Kier molecular flexibility index (Phi) is 2.37. The van der Waals surface area contributed by atoms with Crippen molar-refractivity contribution in [2.24, 2.45) is 11.3 Å². The predicted molar refractivity (Wildman–Crippen MR) is 47.1 cm³/mol. The van der Waals surface area contributed by atoms with Crippen LogP contribution in [0.3, 0.4) is 0 Å². The first-order valence-electron chi connectivity index (χ1n) is 5.00. The van der Waals surface area contributed by atoms with Crippen LogP contribution in [0.1, 0.15) is 26.2 Å². The third kappa shape index (κ3) is 1.80. The van der Waals surface area contributed by atoms with E-state index >= 15 is 0 Å². The largest absolute Gasteiger partial charge is 0.380 e. The first-order chi connectivity index (χ1) is 5.85. The molecule has 2 heteroatoms. The molecule has 0 atom stereocenters. The Balaban J connectivity index is 1.62. The van der Waals surface area contributed by atoms with Crippen LogP contribution in [0.25, 0.3) is 0 Å². The van der Waals surface area contributed by atoms with Gasteiger partial charge in [-0.15, -0.1) is 0 Å². The van der Waals surface area contributed by atoms with Crippen LogP contribution in [0.15, 0.2) is 0 Å². The van der Waals surface area contributed by atoms with Gasteiger partial charge in [-0.05, 0) is 25.2 Å². The summed E-state index contributed by atoms with van der Waals surface area (Å²) in [4.78, 5) is 0. The number of hydrogen-bond donors (Lipinski definition) is 0. The van der Waals surface area contributed by atoms with E-state index in [-0.39, 0.29) is 0 Å². The molecule has 0 unspecified atom stereocenters. The van der Waals surface area contributed by atoms with Gasteiger partial charge in [0.2, 0.25) is 0 Å². The highest BCUT2D eigenvalue weighted by Crippen LogP contribution is 2.33. The summed E-state index contributed by atoms with van der Waals surface area (Å²) in [7, 11) is 0. The van der Waals surface area contributed by atoms with Crippen molar-refractivity contribution in [2.75, 3.05) is 26.4 Å². The van der Waals surface area contributed by atoms with E-state index in [0.29, 0.717) is 5.41 Å². The third-order valence-corrected chi connectivity index (χ3v) is 3.03. The smallest absolute Gasteiger partial charge is 0.0566 e. The van der Waals surface area contributed by atoms with Crippen molar-refractivity contribution in [2.45, 2.75) is 26.2 Å². The Hall–Kier alpha value is -0.0800. The monoisotopic (exact) mass is 170 g/mol. The molecule has 2 aliphatic rings. The molecule has 2 rings (SSSR count). The minimum Gasteiger partial charge on any atom is -0.380 e. The van der Waals surface area contributed by atoms with Gasteiger partial charge in [0.15, 0.2) is 0 Å². The SMILES string of the molecule is CCC1(COCC2CC2)COC1. The fraction of sp³-hybridized carbons (Fsp3) is 1.00. The maximum absolute atomic E-state index is 5.68. The highest BCUT2D eigenvalue weighted by molar-refractivity contribution is 4.84. The summed E-state index contributed by atoms with van der Waals surface area (Å²) in [6.07, 6.45) is 3.96. The zero-order chi connectivity index (χ0) is 8.44. The van der Waals surface area contributed by atoms with E-state index < -0.39 is 0 Å². The van der Waals surface area contributed by atoms with Crippen LogP contribution in [-0.4, -0.2) is 26.4 Å². The minimum absolute atomic E-state index is 0.384. The number of rotatable bonds is 5. The summed E-state index contributed by atoms with van der Waals surface area (Å²) in [6, 6.07) is 0. The van der Waals surface area contributed by atoms with E-state index in [9.17, 15) is 0 Å². The molecule has 0 spiro atoms. The molecule has 1 aliphatic carbocycles. The van der Waals surface area contributed by atoms with Crippen LogP contribution in [-0.2, 0) is 9.47 Å². The zero-order valence-corrected chi connectivity index (χ0v) is 7.84. The van der Waals surface area contributed by atoms with Crippen LogP contribution in [0.2, 0.25) is 0 Å². The average Bonchev–Trinajstić information content (AvgIpc) is 2.78. The Morgan fingerprint density at radius 1 is 1.42 bits per heavy atom. The summed E-state index contributed by atoms with van der Waals surface area (Å²) < 4.78 is 10.9. The standard InChI is InChI=1S/C10H18O2/c1-2-10(7-12-8-10)6-11-5-9-3-4-9/h9H,2-8H2,1H3. The van der Waals surface area contributed by atoms with Gasteiger partial charge in [0.1, 0.15) is 0 Å². The minimum atomic E-state index is 0.384. The topological polar surface area (TPSA) is 18.5 Å². The zero-order valence-electron chi connectivity index (χ0n) is 7.84. The van der Waals surface area contributed by atoms with E-state index in [1.807, 2.05) is 0 Å². The van der Waals surface area contributed by atoms with Crippen LogP contribution in [0.5, 0.6) is 0 Å². The van der Waals surface area contributed by atoms with Gasteiger partial charge in [0.05, 0.1) is 19.8 Å². The normalized spacial score (nSPS) is 26.8. The molecule has 12 heavy (non-hydrogen) atoms. The first-order valence-corrected chi connectivity index (χ1v) is 5.00. The van der Waals surface area contributed by atoms with Crippen molar-refractivity contribution in [1.29, 1.82) is 0 Å². The van der Waals surface area contributed by atoms with Crippen LogP contribution < -0.4 is 0 Å². The highest BCUT2D eigenvalue weighted by atomic mass is 16.5. The Morgan fingerprint density at radius 2 is 2.17 bits per heavy atom. The summed E-state index contributed by atoms with van der Waals surface area (Å²) in [5.74, 6) is 0.889. The van der Waals surface area contributed by atoms with E-state index in [1.165, 1.54) is 19.3 Å². The van der Waals surface area contributed by atoms with Gasteiger partial charge in [-0.2, -0.15) is 0 Å². The molecule has 1 aliphatic heterocycles. The summed E-state index contributed by atoms with van der Waals surface area (Å²) in [5, 5.41) is 0. The summed E-state index contributed by atoms with van der Waals surface area (Å²) >= 11 is 0. The predicted octanol–water partition coefficient (Wildman–Crippen LogP) is 1.84. The van der Waals surface area contributed by atoms with E-state index in [0.717, 1.165) is 32.3 Å². The highest BCUT2D eigenvalue weighted by Gasteiger charge is 2.37. The third-order valence-electron chi connectivity index (χ3n) is 3.03. The second-order valence-electron chi connectivity index (χ2n) is 4.30. The van der Waals surface area contributed by atoms with E-state index in [1.54, 1.807) is 0 Å². The molecular formula is C10H18O2. The van der Waals surface area contributed by atoms with E-state index in [4.69, 9.17) is 9.47 Å². The lowest BCUT2D eigenvalue weighted by Crippen LogP contribution is -2.45. The van der Waals surface area contributed by atoms with Crippen molar-refractivity contribution >= 4 is 0 Å². The average molecular weight is 170 g/mol. The molecule has 0 radical (unpaired) electrons.